The minimum Gasteiger partial charge on any atom is -0.465 e. The van der Waals surface area contributed by atoms with E-state index in [9.17, 15) is 19.2 Å². The first-order valence-electron chi connectivity index (χ1n) is 14.1. The standard InChI is InChI=1S/C29H42O9/c1-6-23(30)35-16-28(5)20-11-14-29(17-36-29)21(27(20,4)13-12-22(28)38-25(32)8-3)10-9-18-19(15-34-26(18)33)37-24(31)7-2/h9,19-22H,6-8,10-17H2,1-5H3/b18-9+/t19-,20?,21-,22-,27+,28+,29+/m1/s1. The monoisotopic (exact) mass is 534 g/mol. The van der Waals surface area contributed by atoms with Gasteiger partial charge in [0.1, 0.15) is 19.3 Å². The molecule has 2 aliphatic heterocycles. The van der Waals surface area contributed by atoms with Gasteiger partial charge in [0.15, 0.2) is 6.10 Å². The van der Waals surface area contributed by atoms with E-state index in [2.05, 4.69) is 13.8 Å². The van der Waals surface area contributed by atoms with Gasteiger partial charge in [-0.05, 0) is 49.4 Å². The van der Waals surface area contributed by atoms with Gasteiger partial charge in [0.2, 0.25) is 0 Å². The molecule has 2 aliphatic carbocycles. The molecule has 0 aromatic heterocycles. The third kappa shape index (κ3) is 5.23. The van der Waals surface area contributed by atoms with Gasteiger partial charge in [0.25, 0.3) is 0 Å². The zero-order valence-electron chi connectivity index (χ0n) is 23.3. The molecule has 38 heavy (non-hydrogen) atoms. The molecular formula is C29H42O9. The Morgan fingerprint density at radius 3 is 2.26 bits per heavy atom. The molecule has 4 fully saturated rings. The summed E-state index contributed by atoms with van der Waals surface area (Å²) in [4.78, 5) is 48.9. The SMILES string of the molecule is CCC(=O)OC[C@@]1(C)C2CC[C@]3(CO3)[C@H](C/C=C3/C(=O)OC[C@H]3OC(=O)CC)[C@@]2(C)CC[C@H]1OC(=O)CC. The number of hydrogen-bond donors (Lipinski definition) is 0. The average molecular weight is 535 g/mol. The van der Waals surface area contributed by atoms with Gasteiger partial charge in [-0.1, -0.05) is 40.7 Å². The van der Waals surface area contributed by atoms with E-state index in [1.807, 2.05) is 6.08 Å². The van der Waals surface area contributed by atoms with Crippen molar-refractivity contribution >= 4 is 23.9 Å². The average Bonchev–Trinajstić information content (AvgIpc) is 3.59. The van der Waals surface area contributed by atoms with Crippen molar-refractivity contribution in [1.82, 2.24) is 0 Å². The zero-order valence-corrected chi connectivity index (χ0v) is 23.3. The molecule has 0 N–H and O–H groups in total. The predicted octanol–water partition coefficient (Wildman–Crippen LogP) is 4.06. The number of ether oxygens (including phenoxy) is 5. The lowest BCUT2D eigenvalue weighted by Crippen LogP contribution is -2.61. The van der Waals surface area contributed by atoms with E-state index in [0.29, 0.717) is 25.0 Å². The second-order valence-corrected chi connectivity index (χ2v) is 11.7. The first kappa shape index (κ1) is 28.6. The van der Waals surface area contributed by atoms with Crippen LogP contribution >= 0.6 is 0 Å². The number of esters is 4. The van der Waals surface area contributed by atoms with Crippen LogP contribution in [0.4, 0.5) is 0 Å². The Morgan fingerprint density at radius 2 is 1.63 bits per heavy atom. The van der Waals surface area contributed by atoms with E-state index < -0.39 is 17.5 Å². The Kier molecular flexibility index (Phi) is 8.26. The molecule has 0 aromatic rings. The van der Waals surface area contributed by atoms with Gasteiger partial charge in [0, 0.05) is 24.7 Å². The summed E-state index contributed by atoms with van der Waals surface area (Å²) in [5.74, 6) is -1.16. The van der Waals surface area contributed by atoms with Crippen LogP contribution in [0.2, 0.25) is 0 Å². The van der Waals surface area contributed by atoms with Crippen LogP contribution in [-0.4, -0.2) is 61.5 Å². The normalized spacial score (nSPS) is 38.9. The molecule has 2 saturated carbocycles. The smallest absolute Gasteiger partial charge is 0.337 e. The molecule has 1 spiro atoms. The Bertz CT molecular complexity index is 983. The van der Waals surface area contributed by atoms with E-state index in [0.717, 1.165) is 19.3 Å². The molecule has 2 saturated heterocycles. The number of epoxide rings is 1. The lowest BCUT2D eigenvalue weighted by Gasteiger charge is -2.61. The Balaban J connectivity index is 1.63. The molecule has 9 heteroatoms. The fourth-order valence-electron chi connectivity index (χ4n) is 7.31. The summed E-state index contributed by atoms with van der Waals surface area (Å²) in [5.41, 5.74) is -0.657. The number of cyclic esters (lactones) is 1. The van der Waals surface area contributed by atoms with Crippen LogP contribution in [0.1, 0.15) is 86.0 Å². The van der Waals surface area contributed by atoms with Crippen LogP contribution in [0.25, 0.3) is 0 Å². The van der Waals surface area contributed by atoms with Crippen molar-refractivity contribution in [2.45, 2.75) is 104 Å². The highest BCUT2D eigenvalue weighted by Crippen LogP contribution is 2.66. The van der Waals surface area contributed by atoms with E-state index >= 15 is 0 Å². The highest BCUT2D eigenvalue weighted by molar-refractivity contribution is 5.92. The third-order valence-electron chi connectivity index (χ3n) is 9.55. The maximum atomic E-state index is 12.5. The maximum Gasteiger partial charge on any atom is 0.337 e. The van der Waals surface area contributed by atoms with E-state index in [4.69, 9.17) is 23.7 Å². The van der Waals surface area contributed by atoms with Crippen molar-refractivity contribution in [3.63, 3.8) is 0 Å². The first-order valence-corrected chi connectivity index (χ1v) is 14.1. The number of hydrogen-bond acceptors (Lipinski definition) is 9. The van der Waals surface area contributed by atoms with Gasteiger partial charge >= 0.3 is 23.9 Å². The van der Waals surface area contributed by atoms with E-state index in [1.165, 1.54) is 0 Å². The lowest BCUT2D eigenvalue weighted by molar-refractivity contribution is -0.203. The second-order valence-electron chi connectivity index (χ2n) is 11.7. The minimum absolute atomic E-state index is 0.0357. The number of carbonyl (C=O) groups excluding carboxylic acids is 4. The number of allylic oxidation sites excluding steroid dienone is 1. The van der Waals surface area contributed by atoms with E-state index in [1.54, 1.807) is 20.8 Å². The summed E-state index contributed by atoms with van der Waals surface area (Å²) in [7, 11) is 0. The highest BCUT2D eigenvalue weighted by atomic mass is 16.6. The lowest BCUT2D eigenvalue weighted by atomic mass is 9.45. The van der Waals surface area contributed by atoms with Crippen LogP contribution in [0, 0.1) is 22.7 Å². The largest absolute Gasteiger partial charge is 0.465 e. The fourth-order valence-corrected chi connectivity index (χ4v) is 7.31. The summed E-state index contributed by atoms with van der Waals surface area (Å²) < 4.78 is 28.4. The molecule has 0 radical (unpaired) electrons. The maximum absolute atomic E-state index is 12.5. The van der Waals surface area contributed by atoms with Crippen LogP contribution in [0.15, 0.2) is 11.6 Å². The predicted molar refractivity (Wildman–Crippen MR) is 136 cm³/mol. The topological polar surface area (TPSA) is 118 Å². The van der Waals surface area contributed by atoms with Crippen LogP contribution in [0.3, 0.4) is 0 Å². The summed E-state index contributed by atoms with van der Waals surface area (Å²) in [6.07, 6.45) is 5.37. The molecule has 0 bridgehead atoms. The highest BCUT2D eigenvalue weighted by Gasteiger charge is 2.67. The van der Waals surface area contributed by atoms with Gasteiger partial charge in [0.05, 0.1) is 17.8 Å². The van der Waals surface area contributed by atoms with E-state index in [-0.39, 0.29) is 79.3 Å². The Hall–Kier alpha value is -2.42. The van der Waals surface area contributed by atoms with Crippen molar-refractivity contribution < 1.29 is 42.9 Å². The molecule has 0 aromatic carbocycles. The molecule has 2 heterocycles. The van der Waals surface area contributed by atoms with Crippen molar-refractivity contribution in [2.24, 2.45) is 22.7 Å². The molecule has 7 atom stereocenters. The molecule has 9 nitrogen and oxygen atoms in total. The van der Waals surface area contributed by atoms with Gasteiger partial charge < -0.3 is 23.7 Å². The van der Waals surface area contributed by atoms with Crippen LogP contribution < -0.4 is 0 Å². The molecular weight excluding hydrogens is 492 g/mol. The van der Waals surface area contributed by atoms with Gasteiger partial charge in [-0.25, -0.2) is 4.79 Å². The molecule has 1 unspecified atom stereocenters. The third-order valence-corrected chi connectivity index (χ3v) is 9.55. The van der Waals surface area contributed by atoms with Crippen molar-refractivity contribution in [1.29, 1.82) is 0 Å². The summed E-state index contributed by atoms with van der Waals surface area (Å²) in [6, 6.07) is 0. The van der Waals surface area contributed by atoms with Crippen molar-refractivity contribution in [3.8, 4) is 0 Å². The van der Waals surface area contributed by atoms with Crippen LogP contribution in [0.5, 0.6) is 0 Å². The molecule has 4 aliphatic rings. The summed E-state index contributed by atoms with van der Waals surface area (Å²) >= 11 is 0. The summed E-state index contributed by atoms with van der Waals surface area (Å²) in [6.45, 7) is 10.5. The number of rotatable bonds is 9. The van der Waals surface area contributed by atoms with Gasteiger partial charge in [-0.2, -0.15) is 0 Å². The van der Waals surface area contributed by atoms with Crippen molar-refractivity contribution in [3.05, 3.63) is 11.6 Å². The second kappa shape index (κ2) is 11.0. The molecule has 4 rings (SSSR count). The van der Waals surface area contributed by atoms with Gasteiger partial charge in [-0.15, -0.1) is 0 Å². The fraction of sp³-hybridized carbons (Fsp3) is 0.793. The number of carbonyl (C=O) groups is 4. The Morgan fingerprint density at radius 1 is 0.974 bits per heavy atom. The van der Waals surface area contributed by atoms with Crippen LogP contribution in [-0.2, 0) is 42.9 Å². The zero-order chi connectivity index (χ0) is 27.7. The minimum atomic E-state index is -0.693. The quantitative estimate of drug-likeness (QED) is 0.187. The molecule has 0 amide bonds. The number of fused-ring (bicyclic) bond motifs is 1. The Labute approximate surface area is 224 Å². The van der Waals surface area contributed by atoms with Crippen molar-refractivity contribution in [2.75, 3.05) is 19.8 Å². The molecule has 212 valence electrons. The first-order chi connectivity index (χ1) is 18.0. The summed E-state index contributed by atoms with van der Waals surface area (Å²) in [5, 5.41) is 0. The van der Waals surface area contributed by atoms with Gasteiger partial charge in [-0.3, -0.25) is 14.4 Å².